The van der Waals surface area contributed by atoms with Gasteiger partial charge in [-0.15, -0.1) is 0 Å². The summed E-state index contributed by atoms with van der Waals surface area (Å²) in [6, 6.07) is 12.3. The standard InChI is InChI=1S/C18H23N3OS/c1-14-6-4-8-17(12-14)20-18(23)21(10-11-22-3)15(2)16-7-5-9-19-13-16/h4-9,12-13,15H,10-11H2,1-3H3,(H,20,23)/t15-/m0/s1. The summed E-state index contributed by atoms with van der Waals surface area (Å²) >= 11 is 5.63. The third-order valence-electron chi connectivity index (χ3n) is 3.70. The van der Waals surface area contributed by atoms with Gasteiger partial charge >= 0.3 is 0 Å². The van der Waals surface area contributed by atoms with Crippen LogP contribution in [0.25, 0.3) is 0 Å². The van der Waals surface area contributed by atoms with Crippen LogP contribution in [-0.4, -0.2) is 35.3 Å². The summed E-state index contributed by atoms with van der Waals surface area (Å²) in [7, 11) is 1.70. The molecular formula is C18H23N3OS. The number of pyridine rings is 1. The summed E-state index contributed by atoms with van der Waals surface area (Å²) in [5, 5.41) is 4.01. The van der Waals surface area contributed by atoms with Gasteiger partial charge in [-0.2, -0.15) is 0 Å². The number of hydrogen-bond donors (Lipinski definition) is 1. The van der Waals surface area contributed by atoms with Gasteiger partial charge < -0.3 is 15.0 Å². The Bertz CT molecular complexity index is 633. The van der Waals surface area contributed by atoms with Gasteiger partial charge in [0.05, 0.1) is 12.6 Å². The van der Waals surface area contributed by atoms with Crippen LogP contribution in [-0.2, 0) is 4.74 Å². The van der Waals surface area contributed by atoms with Crippen molar-refractivity contribution < 1.29 is 4.74 Å². The molecule has 0 unspecified atom stereocenters. The Hall–Kier alpha value is -1.98. The minimum atomic E-state index is 0.114. The number of rotatable bonds is 6. The Balaban J connectivity index is 2.15. The Labute approximate surface area is 143 Å². The number of methoxy groups -OCH3 is 1. The van der Waals surface area contributed by atoms with Crippen LogP contribution in [0.4, 0.5) is 5.69 Å². The second-order valence-electron chi connectivity index (χ2n) is 5.45. The maximum atomic E-state index is 5.63. The van der Waals surface area contributed by atoms with Gasteiger partial charge in [0.1, 0.15) is 0 Å². The van der Waals surface area contributed by atoms with Crippen LogP contribution in [0, 0.1) is 6.92 Å². The Morgan fingerprint density at radius 3 is 2.83 bits per heavy atom. The fourth-order valence-corrected chi connectivity index (χ4v) is 2.75. The third-order valence-corrected chi connectivity index (χ3v) is 4.04. The van der Waals surface area contributed by atoms with Crippen LogP contribution < -0.4 is 5.32 Å². The Morgan fingerprint density at radius 1 is 1.35 bits per heavy atom. The zero-order valence-corrected chi connectivity index (χ0v) is 14.6. The van der Waals surface area contributed by atoms with Gasteiger partial charge in [0.25, 0.3) is 0 Å². The van der Waals surface area contributed by atoms with Crippen LogP contribution in [0.5, 0.6) is 0 Å². The number of nitrogens with zero attached hydrogens (tertiary/aromatic N) is 2. The molecule has 0 saturated heterocycles. The maximum Gasteiger partial charge on any atom is 0.174 e. The minimum absolute atomic E-state index is 0.114. The number of thiocarbonyl (C=S) groups is 1. The van der Waals surface area contributed by atoms with E-state index in [0.717, 1.165) is 11.3 Å². The molecule has 0 spiro atoms. The molecule has 23 heavy (non-hydrogen) atoms. The van der Waals surface area contributed by atoms with E-state index in [1.54, 1.807) is 13.3 Å². The summed E-state index contributed by atoms with van der Waals surface area (Å²) < 4.78 is 5.23. The van der Waals surface area contributed by atoms with E-state index < -0.39 is 0 Å². The number of aryl methyl sites for hydroxylation is 1. The lowest BCUT2D eigenvalue weighted by Gasteiger charge is -2.32. The number of anilines is 1. The molecule has 2 aromatic rings. The average molecular weight is 329 g/mol. The molecule has 4 nitrogen and oxygen atoms in total. The van der Waals surface area contributed by atoms with Crippen LogP contribution in [0.15, 0.2) is 48.8 Å². The molecule has 0 aliphatic carbocycles. The van der Waals surface area contributed by atoms with E-state index in [9.17, 15) is 0 Å². The summed E-state index contributed by atoms with van der Waals surface area (Å²) in [6.45, 7) is 5.51. The molecule has 122 valence electrons. The second-order valence-corrected chi connectivity index (χ2v) is 5.83. The number of hydrogen-bond acceptors (Lipinski definition) is 3. The van der Waals surface area contributed by atoms with Gasteiger partial charge in [-0.25, -0.2) is 0 Å². The van der Waals surface area contributed by atoms with Crippen LogP contribution in [0.1, 0.15) is 24.1 Å². The van der Waals surface area contributed by atoms with Gasteiger partial charge in [0, 0.05) is 31.7 Å². The lowest BCUT2D eigenvalue weighted by atomic mass is 10.1. The van der Waals surface area contributed by atoms with Crippen LogP contribution in [0.3, 0.4) is 0 Å². The van der Waals surface area contributed by atoms with Gasteiger partial charge in [0.2, 0.25) is 0 Å². The lowest BCUT2D eigenvalue weighted by molar-refractivity contribution is 0.165. The summed E-state index contributed by atoms with van der Waals surface area (Å²) in [6.07, 6.45) is 3.65. The number of benzene rings is 1. The van der Waals surface area contributed by atoms with E-state index in [-0.39, 0.29) is 6.04 Å². The van der Waals surface area contributed by atoms with Crippen molar-refractivity contribution in [3.63, 3.8) is 0 Å². The van der Waals surface area contributed by atoms with Crippen molar-refractivity contribution in [1.29, 1.82) is 0 Å². The molecule has 5 heteroatoms. The summed E-state index contributed by atoms with van der Waals surface area (Å²) in [5.74, 6) is 0. The smallest absolute Gasteiger partial charge is 0.174 e. The Morgan fingerprint density at radius 2 is 2.17 bits per heavy atom. The topological polar surface area (TPSA) is 37.4 Å². The number of ether oxygens (including phenoxy) is 1. The van der Waals surface area contributed by atoms with Crippen molar-refractivity contribution in [3.8, 4) is 0 Å². The van der Waals surface area contributed by atoms with Crippen molar-refractivity contribution in [2.75, 3.05) is 25.6 Å². The molecule has 0 radical (unpaired) electrons. The van der Waals surface area contributed by atoms with Crippen molar-refractivity contribution in [1.82, 2.24) is 9.88 Å². The highest BCUT2D eigenvalue weighted by molar-refractivity contribution is 7.80. The first-order valence-corrected chi connectivity index (χ1v) is 8.06. The zero-order chi connectivity index (χ0) is 16.7. The van der Waals surface area contributed by atoms with Gasteiger partial charge in [0.15, 0.2) is 5.11 Å². The van der Waals surface area contributed by atoms with E-state index in [1.165, 1.54) is 5.56 Å². The zero-order valence-electron chi connectivity index (χ0n) is 13.8. The van der Waals surface area contributed by atoms with E-state index in [1.807, 2.05) is 24.4 Å². The molecular weight excluding hydrogens is 306 g/mol. The normalized spacial score (nSPS) is 11.8. The van der Waals surface area contributed by atoms with Crippen molar-refractivity contribution in [2.24, 2.45) is 0 Å². The molecule has 0 aliphatic rings. The van der Waals surface area contributed by atoms with Crippen molar-refractivity contribution in [3.05, 3.63) is 59.9 Å². The van der Waals surface area contributed by atoms with Gasteiger partial charge in [-0.3, -0.25) is 4.98 Å². The quantitative estimate of drug-likeness (QED) is 0.816. The summed E-state index contributed by atoms with van der Waals surface area (Å²) in [4.78, 5) is 6.32. The largest absolute Gasteiger partial charge is 0.383 e. The van der Waals surface area contributed by atoms with E-state index in [2.05, 4.69) is 47.2 Å². The van der Waals surface area contributed by atoms with E-state index in [0.29, 0.717) is 18.3 Å². The molecule has 1 atom stereocenters. The highest BCUT2D eigenvalue weighted by Crippen LogP contribution is 2.21. The van der Waals surface area contributed by atoms with Gasteiger partial charge in [-0.1, -0.05) is 18.2 Å². The molecule has 0 fully saturated rings. The van der Waals surface area contributed by atoms with E-state index >= 15 is 0 Å². The fraction of sp³-hybridized carbons (Fsp3) is 0.333. The SMILES string of the molecule is COCCN(C(=S)Nc1cccc(C)c1)[C@@H](C)c1cccnc1. The maximum absolute atomic E-state index is 5.63. The first-order chi connectivity index (χ1) is 11.1. The molecule has 0 aliphatic heterocycles. The predicted molar refractivity (Wildman–Crippen MR) is 98.6 cm³/mol. The third kappa shape index (κ3) is 5.01. The van der Waals surface area contributed by atoms with E-state index in [4.69, 9.17) is 17.0 Å². The molecule has 0 bridgehead atoms. The highest BCUT2D eigenvalue weighted by atomic mass is 32.1. The average Bonchev–Trinajstić information content (AvgIpc) is 2.56. The van der Waals surface area contributed by atoms with Gasteiger partial charge in [-0.05, 0) is 55.4 Å². The van der Waals surface area contributed by atoms with Crippen LogP contribution in [0.2, 0.25) is 0 Å². The summed E-state index contributed by atoms with van der Waals surface area (Å²) in [5.41, 5.74) is 3.31. The predicted octanol–water partition coefficient (Wildman–Crippen LogP) is 3.80. The fourth-order valence-electron chi connectivity index (χ4n) is 2.38. The van der Waals surface area contributed by atoms with Crippen molar-refractivity contribution in [2.45, 2.75) is 19.9 Å². The molecule has 0 saturated carbocycles. The first-order valence-electron chi connectivity index (χ1n) is 7.65. The Kier molecular flexibility index (Phi) is 6.50. The highest BCUT2D eigenvalue weighted by Gasteiger charge is 2.18. The number of aromatic nitrogens is 1. The number of nitrogens with one attached hydrogen (secondary N) is 1. The minimum Gasteiger partial charge on any atom is -0.383 e. The first kappa shape index (κ1) is 17.4. The lowest BCUT2D eigenvalue weighted by Crippen LogP contribution is -2.39. The monoisotopic (exact) mass is 329 g/mol. The van der Waals surface area contributed by atoms with Crippen molar-refractivity contribution >= 4 is 23.0 Å². The molecule has 1 N–H and O–H groups in total. The molecule has 2 rings (SSSR count). The molecule has 1 aromatic heterocycles. The molecule has 1 aromatic carbocycles. The van der Waals surface area contributed by atoms with Crippen LogP contribution >= 0.6 is 12.2 Å². The second kappa shape index (κ2) is 8.60. The molecule has 0 amide bonds. The molecule has 1 heterocycles.